The molecule has 1 aromatic carbocycles. The normalized spacial score (nSPS) is 12.6. The Bertz CT molecular complexity index is 523. The summed E-state index contributed by atoms with van der Waals surface area (Å²) in [5, 5.41) is 11.4. The molecule has 0 aliphatic rings. The fraction of sp³-hybridized carbons (Fsp3) is 0.500. The van der Waals surface area contributed by atoms with E-state index >= 15 is 0 Å². The second kappa shape index (κ2) is 6.66. The zero-order valence-corrected chi connectivity index (χ0v) is 12.8. The molecule has 4 heteroatoms. The van der Waals surface area contributed by atoms with Crippen LogP contribution in [0, 0.1) is 20.8 Å². The van der Waals surface area contributed by atoms with E-state index in [1.165, 1.54) is 22.3 Å². The second-order valence-corrected chi connectivity index (χ2v) is 5.51. The van der Waals surface area contributed by atoms with Gasteiger partial charge in [-0.1, -0.05) is 22.9 Å². The summed E-state index contributed by atoms with van der Waals surface area (Å²) >= 11 is 0. The van der Waals surface area contributed by atoms with E-state index in [9.17, 15) is 0 Å². The molecule has 0 bridgehead atoms. The van der Waals surface area contributed by atoms with Crippen LogP contribution in [-0.2, 0) is 6.54 Å². The zero-order chi connectivity index (χ0) is 14.5. The molecule has 1 atom stereocenters. The molecule has 1 N–H and O–H groups in total. The summed E-state index contributed by atoms with van der Waals surface area (Å²) < 4.78 is 1.87. The van der Waals surface area contributed by atoms with E-state index in [1.54, 1.807) is 6.20 Å². The molecule has 2 rings (SSSR count). The van der Waals surface area contributed by atoms with Crippen LogP contribution in [0.4, 0.5) is 0 Å². The summed E-state index contributed by atoms with van der Waals surface area (Å²) in [4.78, 5) is 0. The molecule has 108 valence electrons. The number of nitrogens with one attached hydrogen (secondary N) is 1. The van der Waals surface area contributed by atoms with Crippen LogP contribution in [0.2, 0.25) is 0 Å². The highest BCUT2D eigenvalue weighted by Gasteiger charge is 2.11. The number of hydrogen-bond donors (Lipinski definition) is 1. The van der Waals surface area contributed by atoms with Gasteiger partial charge in [0.2, 0.25) is 0 Å². The number of nitrogens with zero attached hydrogens (tertiary/aromatic N) is 3. The summed E-state index contributed by atoms with van der Waals surface area (Å²) in [5.41, 5.74) is 5.51. The standard InChI is InChI=1S/C16H24N4/c1-12-10-13(2)16(14(3)11-12)15(4)17-6-5-8-20-9-7-18-19-20/h7,9-11,15,17H,5-6,8H2,1-4H3. The molecule has 1 unspecified atom stereocenters. The average Bonchev–Trinajstić information content (AvgIpc) is 2.86. The van der Waals surface area contributed by atoms with Crippen LogP contribution in [0.25, 0.3) is 0 Å². The predicted molar refractivity (Wildman–Crippen MR) is 81.7 cm³/mol. The summed E-state index contributed by atoms with van der Waals surface area (Å²) in [6.07, 6.45) is 4.67. The number of aromatic nitrogens is 3. The number of hydrogen-bond acceptors (Lipinski definition) is 3. The van der Waals surface area contributed by atoms with E-state index in [-0.39, 0.29) is 0 Å². The molecule has 2 aromatic rings. The zero-order valence-electron chi connectivity index (χ0n) is 12.8. The molecule has 4 nitrogen and oxygen atoms in total. The van der Waals surface area contributed by atoms with Gasteiger partial charge in [-0.3, -0.25) is 4.68 Å². The Morgan fingerprint density at radius 3 is 2.50 bits per heavy atom. The highest BCUT2D eigenvalue weighted by molar-refractivity contribution is 5.39. The molecule has 0 radical (unpaired) electrons. The van der Waals surface area contributed by atoms with Crippen molar-refractivity contribution < 1.29 is 0 Å². The van der Waals surface area contributed by atoms with Gasteiger partial charge in [0.15, 0.2) is 0 Å². The molecule has 0 aliphatic carbocycles. The maximum absolute atomic E-state index is 3.97. The van der Waals surface area contributed by atoms with Crippen molar-refractivity contribution >= 4 is 0 Å². The Balaban J connectivity index is 1.87. The summed E-state index contributed by atoms with van der Waals surface area (Å²) in [6, 6.07) is 4.90. The van der Waals surface area contributed by atoms with Crippen LogP contribution >= 0.6 is 0 Å². The minimum absolute atomic E-state index is 0.381. The third kappa shape index (κ3) is 3.67. The maximum atomic E-state index is 3.97. The van der Waals surface area contributed by atoms with E-state index in [2.05, 4.69) is 55.5 Å². The first-order valence-corrected chi connectivity index (χ1v) is 7.23. The molecule has 0 aliphatic heterocycles. The van der Waals surface area contributed by atoms with Crippen LogP contribution < -0.4 is 5.32 Å². The Morgan fingerprint density at radius 1 is 1.20 bits per heavy atom. The van der Waals surface area contributed by atoms with Crippen LogP contribution in [0.15, 0.2) is 24.5 Å². The molecular formula is C16H24N4. The first-order valence-electron chi connectivity index (χ1n) is 7.23. The molecule has 1 aromatic heterocycles. The van der Waals surface area contributed by atoms with E-state index in [0.29, 0.717) is 6.04 Å². The van der Waals surface area contributed by atoms with Crippen molar-refractivity contribution in [3.05, 3.63) is 46.8 Å². The molecular weight excluding hydrogens is 248 g/mol. The van der Waals surface area contributed by atoms with Gasteiger partial charge < -0.3 is 5.32 Å². The lowest BCUT2D eigenvalue weighted by atomic mass is 9.95. The minimum Gasteiger partial charge on any atom is -0.310 e. The van der Waals surface area contributed by atoms with Gasteiger partial charge in [0.05, 0.1) is 6.20 Å². The molecule has 0 fully saturated rings. The molecule has 0 spiro atoms. The SMILES string of the molecule is Cc1cc(C)c(C(C)NCCCn2ccnn2)c(C)c1. The summed E-state index contributed by atoms with van der Waals surface area (Å²) in [6.45, 7) is 10.7. The number of aryl methyl sites for hydroxylation is 4. The molecule has 0 amide bonds. The predicted octanol–water partition coefficient (Wildman–Crippen LogP) is 2.94. The smallest absolute Gasteiger partial charge is 0.0692 e. The lowest BCUT2D eigenvalue weighted by Gasteiger charge is -2.20. The van der Waals surface area contributed by atoms with Gasteiger partial charge in [-0.2, -0.15) is 0 Å². The van der Waals surface area contributed by atoms with Crippen LogP contribution in [0.3, 0.4) is 0 Å². The molecule has 1 heterocycles. The van der Waals surface area contributed by atoms with Gasteiger partial charge in [-0.25, -0.2) is 0 Å². The Kier molecular flexibility index (Phi) is 4.90. The van der Waals surface area contributed by atoms with E-state index in [1.807, 2.05) is 10.9 Å². The Hall–Kier alpha value is -1.68. The third-order valence-electron chi connectivity index (χ3n) is 3.66. The van der Waals surface area contributed by atoms with Gasteiger partial charge in [0.1, 0.15) is 0 Å². The van der Waals surface area contributed by atoms with Crippen molar-refractivity contribution in [2.75, 3.05) is 6.54 Å². The third-order valence-corrected chi connectivity index (χ3v) is 3.66. The van der Waals surface area contributed by atoms with Gasteiger partial charge in [-0.05, 0) is 57.4 Å². The van der Waals surface area contributed by atoms with Crippen LogP contribution in [0.1, 0.15) is 41.6 Å². The second-order valence-electron chi connectivity index (χ2n) is 5.51. The summed E-state index contributed by atoms with van der Waals surface area (Å²) in [5.74, 6) is 0. The highest BCUT2D eigenvalue weighted by Crippen LogP contribution is 2.23. The van der Waals surface area contributed by atoms with Crippen LogP contribution in [-0.4, -0.2) is 21.5 Å². The Morgan fingerprint density at radius 2 is 1.90 bits per heavy atom. The highest BCUT2D eigenvalue weighted by atomic mass is 15.4. The lowest BCUT2D eigenvalue weighted by molar-refractivity contribution is 0.498. The summed E-state index contributed by atoms with van der Waals surface area (Å²) in [7, 11) is 0. The topological polar surface area (TPSA) is 42.7 Å². The number of benzene rings is 1. The average molecular weight is 272 g/mol. The largest absolute Gasteiger partial charge is 0.310 e. The first kappa shape index (κ1) is 14.7. The maximum Gasteiger partial charge on any atom is 0.0692 e. The van der Waals surface area contributed by atoms with Crippen molar-refractivity contribution in [2.24, 2.45) is 0 Å². The van der Waals surface area contributed by atoms with Crippen molar-refractivity contribution in [1.29, 1.82) is 0 Å². The Labute approximate surface area is 121 Å². The molecule has 0 saturated heterocycles. The van der Waals surface area contributed by atoms with E-state index in [4.69, 9.17) is 0 Å². The van der Waals surface area contributed by atoms with Crippen molar-refractivity contribution in [3.8, 4) is 0 Å². The fourth-order valence-electron chi connectivity index (χ4n) is 2.89. The van der Waals surface area contributed by atoms with Crippen molar-refractivity contribution in [1.82, 2.24) is 20.3 Å². The van der Waals surface area contributed by atoms with Gasteiger partial charge in [0.25, 0.3) is 0 Å². The van der Waals surface area contributed by atoms with Crippen LogP contribution in [0.5, 0.6) is 0 Å². The minimum atomic E-state index is 0.381. The van der Waals surface area contributed by atoms with Crippen molar-refractivity contribution in [2.45, 2.75) is 46.7 Å². The quantitative estimate of drug-likeness (QED) is 0.822. The number of rotatable bonds is 6. The first-order chi connectivity index (χ1) is 9.58. The molecule has 0 saturated carbocycles. The van der Waals surface area contributed by atoms with E-state index in [0.717, 1.165) is 19.5 Å². The van der Waals surface area contributed by atoms with Gasteiger partial charge >= 0.3 is 0 Å². The van der Waals surface area contributed by atoms with Gasteiger partial charge in [0, 0.05) is 18.8 Å². The van der Waals surface area contributed by atoms with E-state index < -0.39 is 0 Å². The lowest BCUT2D eigenvalue weighted by Crippen LogP contribution is -2.22. The fourth-order valence-corrected chi connectivity index (χ4v) is 2.89. The van der Waals surface area contributed by atoms with Crippen molar-refractivity contribution in [3.63, 3.8) is 0 Å². The monoisotopic (exact) mass is 272 g/mol. The molecule has 20 heavy (non-hydrogen) atoms. The van der Waals surface area contributed by atoms with Gasteiger partial charge in [-0.15, -0.1) is 5.10 Å².